The van der Waals surface area contributed by atoms with Gasteiger partial charge in [0.1, 0.15) is 5.82 Å². The van der Waals surface area contributed by atoms with Gasteiger partial charge in [0.2, 0.25) is 5.91 Å². The number of rotatable bonds is 10. The second kappa shape index (κ2) is 11.9. The number of likely N-dealkylation sites (N-methyl/N-ethyl adjacent to an activating group) is 2. The molecule has 2 aliphatic heterocycles. The molecule has 0 bridgehead atoms. The number of amides is 1. The van der Waals surface area contributed by atoms with Crippen molar-refractivity contribution in [2.75, 3.05) is 78.4 Å². The monoisotopic (exact) mass is 520 g/mol. The van der Waals surface area contributed by atoms with E-state index in [0.29, 0.717) is 6.54 Å². The molecule has 8 heteroatoms. The smallest absolute Gasteiger partial charge is 0.237 e. The molecule has 198 valence electrons. The first-order valence-electron chi connectivity index (χ1n) is 13.5. The molecular formula is C29H40N6OS. The molecule has 0 spiro atoms. The molecule has 0 aliphatic carbocycles. The van der Waals surface area contributed by atoms with Gasteiger partial charge < -0.3 is 14.7 Å². The van der Waals surface area contributed by atoms with Gasteiger partial charge in [-0.3, -0.25) is 14.6 Å². The normalized spacial score (nSPS) is 16.4. The number of fused-ring (bicyclic) bond motifs is 2. The Bertz CT molecular complexity index is 1200. The third-order valence-electron chi connectivity index (χ3n) is 7.65. The number of aromatic nitrogens is 1. The highest BCUT2D eigenvalue weighted by molar-refractivity contribution is 7.13. The maximum absolute atomic E-state index is 12.8. The summed E-state index contributed by atoms with van der Waals surface area (Å²) in [4.78, 5) is 24.1. The van der Waals surface area contributed by atoms with Crippen molar-refractivity contribution in [1.29, 1.82) is 0 Å². The summed E-state index contributed by atoms with van der Waals surface area (Å²) in [5.74, 6) is 1.38. The molecule has 1 fully saturated rings. The van der Waals surface area contributed by atoms with Crippen molar-refractivity contribution in [2.24, 2.45) is 0 Å². The Labute approximate surface area is 225 Å². The number of anilines is 1. The molecule has 0 saturated carbocycles. The molecule has 2 aromatic carbocycles. The van der Waals surface area contributed by atoms with Crippen LogP contribution < -0.4 is 4.90 Å². The predicted molar refractivity (Wildman–Crippen MR) is 153 cm³/mol. The zero-order valence-electron chi connectivity index (χ0n) is 22.5. The highest BCUT2D eigenvalue weighted by Gasteiger charge is 2.24. The number of nitrogens with zero attached hydrogens (tertiary/aromatic N) is 6. The van der Waals surface area contributed by atoms with Gasteiger partial charge in [-0.05, 0) is 80.9 Å². The molecule has 37 heavy (non-hydrogen) atoms. The van der Waals surface area contributed by atoms with E-state index in [-0.39, 0.29) is 5.91 Å². The summed E-state index contributed by atoms with van der Waals surface area (Å²) in [6.45, 7) is 9.25. The van der Waals surface area contributed by atoms with E-state index in [1.165, 1.54) is 26.8 Å². The number of piperazine rings is 1. The van der Waals surface area contributed by atoms with E-state index in [4.69, 9.17) is 4.37 Å². The van der Waals surface area contributed by atoms with Gasteiger partial charge in [0.05, 0.1) is 11.2 Å². The van der Waals surface area contributed by atoms with Crippen molar-refractivity contribution in [3.8, 4) is 0 Å². The van der Waals surface area contributed by atoms with Crippen LogP contribution in [0.3, 0.4) is 0 Å². The van der Waals surface area contributed by atoms with Gasteiger partial charge >= 0.3 is 0 Å². The number of carbonyl (C=O) groups excluding carboxylic acids is 1. The van der Waals surface area contributed by atoms with Crippen LogP contribution in [0.2, 0.25) is 0 Å². The molecule has 3 aromatic rings. The van der Waals surface area contributed by atoms with Crippen molar-refractivity contribution >= 4 is 33.3 Å². The number of aryl methyl sites for hydroxylation is 1. The van der Waals surface area contributed by atoms with E-state index in [9.17, 15) is 4.79 Å². The lowest BCUT2D eigenvalue weighted by Crippen LogP contribution is -2.46. The predicted octanol–water partition coefficient (Wildman–Crippen LogP) is 3.39. The van der Waals surface area contributed by atoms with Crippen LogP contribution in [0.15, 0.2) is 42.5 Å². The Morgan fingerprint density at radius 2 is 1.76 bits per heavy atom. The fourth-order valence-electron chi connectivity index (χ4n) is 5.35. The Morgan fingerprint density at radius 1 is 0.973 bits per heavy atom. The largest absolute Gasteiger partial charge is 0.353 e. The molecule has 1 saturated heterocycles. The average molecular weight is 521 g/mol. The number of hydrogen-bond acceptors (Lipinski definition) is 7. The van der Waals surface area contributed by atoms with Crippen LogP contribution in [0.1, 0.15) is 23.1 Å². The van der Waals surface area contributed by atoms with Crippen LogP contribution in [-0.4, -0.2) is 103 Å². The van der Waals surface area contributed by atoms with Crippen LogP contribution in [0.4, 0.5) is 5.82 Å². The maximum atomic E-state index is 12.8. The number of hydrogen-bond donors (Lipinski definition) is 0. The molecule has 1 amide bonds. The summed E-state index contributed by atoms with van der Waals surface area (Å²) in [5, 5.41) is 1.29. The Hall–Kier alpha value is -2.52. The quantitative estimate of drug-likeness (QED) is 0.409. The summed E-state index contributed by atoms with van der Waals surface area (Å²) in [7, 11) is 6.16. The molecule has 2 aliphatic rings. The minimum Gasteiger partial charge on any atom is -0.353 e. The lowest BCUT2D eigenvalue weighted by atomic mass is 10.0. The van der Waals surface area contributed by atoms with Crippen LogP contribution in [0.25, 0.3) is 10.1 Å². The van der Waals surface area contributed by atoms with Crippen LogP contribution in [-0.2, 0) is 24.3 Å². The van der Waals surface area contributed by atoms with E-state index in [1.54, 1.807) is 11.5 Å². The summed E-state index contributed by atoms with van der Waals surface area (Å²) >= 11 is 1.60. The van der Waals surface area contributed by atoms with Gasteiger partial charge in [0.15, 0.2) is 0 Å². The summed E-state index contributed by atoms with van der Waals surface area (Å²) in [6, 6.07) is 15.4. The van der Waals surface area contributed by atoms with Crippen LogP contribution >= 0.6 is 11.5 Å². The third kappa shape index (κ3) is 6.49. The lowest BCUT2D eigenvalue weighted by Gasteiger charge is -2.35. The fraction of sp³-hybridized carbons (Fsp3) is 0.517. The highest BCUT2D eigenvalue weighted by atomic mass is 32.1. The van der Waals surface area contributed by atoms with Gasteiger partial charge in [-0.1, -0.05) is 30.3 Å². The van der Waals surface area contributed by atoms with Crippen molar-refractivity contribution in [1.82, 2.24) is 24.0 Å². The van der Waals surface area contributed by atoms with Crippen molar-refractivity contribution < 1.29 is 4.79 Å². The van der Waals surface area contributed by atoms with E-state index < -0.39 is 0 Å². The second-order valence-corrected chi connectivity index (χ2v) is 11.6. The molecular weight excluding hydrogens is 480 g/mol. The molecule has 0 radical (unpaired) electrons. The van der Waals surface area contributed by atoms with Crippen molar-refractivity contribution in [3.05, 3.63) is 59.2 Å². The Morgan fingerprint density at radius 3 is 2.57 bits per heavy atom. The molecule has 1 aromatic heterocycles. The Kier molecular flexibility index (Phi) is 8.39. The molecule has 0 N–H and O–H groups in total. The number of carbonyl (C=O) groups is 1. The van der Waals surface area contributed by atoms with Gasteiger partial charge in [0, 0.05) is 57.7 Å². The van der Waals surface area contributed by atoms with E-state index >= 15 is 0 Å². The standard InChI is InChI=1S/C29H40N6OS/c1-31(2)13-14-32(3)22-28(36)35-20-24-11-10-23(19-25(24)21-35)7-6-12-33-15-17-34(18-16-33)29-26-8-4-5-9-27(26)37-30-29/h4-5,8-11,19H,6-7,12-18,20-22H2,1-3H3. The van der Waals surface area contributed by atoms with Crippen molar-refractivity contribution in [2.45, 2.75) is 25.9 Å². The van der Waals surface area contributed by atoms with Gasteiger partial charge in [-0.15, -0.1) is 0 Å². The maximum Gasteiger partial charge on any atom is 0.237 e. The summed E-state index contributed by atoms with van der Waals surface area (Å²) < 4.78 is 6.01. The first-order valence-corrected chi connectivity index (χ1v) is 14.3. The molecule has 0 unspecified atom stereocenters. The van der Waals surface area contributed by atoms with E-state index in [1.807, 2.05) is 11.9 Å². The summed E-state index contributed by atoms with van der Waals surface area (Å²) in [6.07, 6.45) is 2.25. The second-order valence-electron chi connectivity index (χ2n) is 10.8. The molecule has 5 rings (SSSR count). The van der Waals surface area contributed by atoms with Crippen LogP contribution in [0, 0.1) is 0 Å². The first-order chi connectivity index (χ1) is 18.0. The molecule has 0 atom stereocenters. The zero-order valence-corrected chi connectivity index (χ0v) is 23.3. The summed E-state index contributed by atoms with van der Waals surface area (Å²) in [5.41, 5.74) is 4.02. The minimum absolute atomic E-state index is 0.226. The van der Waals surface area contributed by atoms with Gasteiger partial charge in [-0.25, -0.2) is 0 Å². The molecule has 3 heterocycles. The van der Waals surface area contributed by atoms with E-state index in [2.05, 4.69) is 76.2 Å². The third-order valence-corrected chi connectivity index (χ3v) is 8.47. The van der Waals surface area contributed by atoms with E-state index in [0.717, 1.165) is 77.6 Å². The minimum atomic E-state index is 0.226. The first kappa shape index (κ1) is 26.1. The lowest BCUT2D eigenvalue weighted by molar-refractivity contribution is -0.132. The number of benzene rings is 2. The topological polar surface area (TPSA) is 46.2 Å². The van der Waals surface area contributed by atoms with Gasteiger partial charge in [0.25, 0.3) is 0 Å². The highest BCUT2D eigenvalue weighted by Crippen LogP contribution is 2.30. The molecule has 7 nitrogen and oxygen atoms in total. The Balaban J connectivity index is 1.05. The average Bonchev–Trinajstić information content (AvgIpc) is 3.52. The van der Waals surface area contributed by atoms with Gasteiger partial charge in [-0.2, -0.15) is 4.37 Å². The fourth-order valence-corrected chi connectivity index (χ4v) is 6.15. The van der Waals surface area contributed by atoms with Crippen molar-refractivity contribution in [3.63, 3.8) is 0 Å². The SMILES string of the molecule is CN(C)CCN(C)CC(=O)N1Cc2ccc(CCCN3CCN(c4nsc5ccccc45)CC3)cc2C1. The zero-order chi connectivity index (χ0) is 25.8. The van der Waals surface area contributed by atoms with Crippen LogP contribution in [0.5, 0.6) is 0 Å².